The van der Waals surface area contributed by atoms with Crippen LogP contribution in [0.25, 0.3) is 0 Å². The fourth-order valence-electron chi connectivity index (χ4n) is 3.15. The molecule has 0 aromatic heterocycles. The van der Waals surface area contributed by atoms with E-state index in [1.807, 2.05) is 54.6 Å². The van der Waals surface area contributed by atoms with Gasteiger partial charge in [-0.25, -0.2) is 0 Å². The number of fused-ring (bicyclic) bond motifs is 1. The number of amides is 1. The Bertz CT molecular complexity index is 726. The van der Waals surface area contributed by atoms with E-state index in [9.17, 15) is 9.59 Å². The second-order valence-electron chi connectivity index (χ2n) is 5.44. The molecule has 1 aliphatic rings. The van der Waals surface area contributed by atoms with Crippen molar-refractivity contribution in [3.8, 4) is 0 Å². The predicted molar refractivity (Wildman–Crippen MR) is 83.7 cm³/mol. The van der Waals surface area contributed by atoms with E-state index in [-0.39, 0.29) is 5.91 Å². The summed E-state index contributed by atoms with van der Waals surface area (Å²) in [6.07, 6.45) is 0.292. The summed E-state index contributed by atoms with van der Waals surface area (Å²) in [6, 6.07) is 16.9. The molecule has 112 valence electrons. The normalized spacial score (nSPS) is 19.9. The van der Waals surface area contributed by atoms with Gasteiger partial charge in [0.1, 0.15) is 0 Å². The molecular weight excluding hydrogens is 278 g/mol. The molecule has 0 N–H and O–H groups in total. The highest BCUT2D eigenvalue weighted by atomic mass is 16.5. The minimum atomic E-state index is -1.30. The summed E-state index contributed by atoms with van der Waals surface area (Å²) >= 11 is 0. The fraction of sp³-hybridized carbons (Fsp3) is 0.222. The van der Waals surface area contributed by atoms with E-state index in [0.29, 0.717) is 12.0 Å². The Morgan fingerprint density at radius 1 is 1.09 bits per heavy atom. The Balaban J connectivity index is 2.19. The van der Waals surface area contributed by atoms with E-state index in [4.69, 9.17) is 4.74 Å². The largest absolute Gasteiger partial charge is 0.468 e. The zero-order chi connectivity index (χ0) is 15.7. The van der Waals surface area contributed by atoms with E-state index in [1.165, 1.54) is 12.0 Å². The van der Waals surface area contributed by atoms with E-state index >= 15 is 0 Å². The minimum Gasteiger partial charge on any atom is -0.468 e. The van der Waals surface area contributed by atoms with Crippen LogP contribution in [-0.2, 0) is 26.2 Å². The van der Waals surface area contributed by atoms with Crippen LogP contribution in [0.3, 0.4) is 0 Å². The number of likely N-dealkylation sites (N-methyl/N-ethyl adjacent to an activating group) is 1. The van der Waals surface area contributed by atoms with Crippen molar-refractivity contribution in [2.45, 2.75) is 11.8 Å². The van der Waals surface area contributed by atoms with Crippen molar-refractivity contribution in [1.29, 1.82) is 0 Å². The third-order valence-corrected chi connectivity index (χ3v) is 4.24. The van der Waals surface area contributed by atoms with Gasteiger partial charge in [-0.2, -0.15) is 0 Å². The van der Waals surface area contributed by atoms with E-state index < -0.39 is 11.4 Å². The zero-order valence-corrected chi connectivity index (χ0v) is 12.6. The number of hydrogen-bond donors (Lipinski definition) is 0. The number of rotatable bonds is 3. The quantitative estimate of drug-likeness (QED) is 0.645. The summed E-state index contributed by atoms with van der Waals surface area (Å²) < 4.78 is 5.00. The Morgan fingerprint density at radius 3 is 2.41 bits per heavy atom. The molecule has 22 heavy (non-hydrogen) atoms. The number of hydrogen-bond acceptors (Lipinski definition) is 3. The summed E-state index contributed by atoms with van der Waals surface area (Å²) in [6.45, 7) is 0. The van der Waals surface area contributed by atoms with Gasteiger partial charge in [-0.1, -0.05) is 48.5 Å². The van der Waals surface area contributed by atoms with Gasteiger partial charge in [-0.15, -0.1) is 0 Å². The van der Waals surface area contributed by atoms with Crippen LogP contribution in [0.5, 0.6) is 0 Å². The van der Waals surface area contributed by atoms with Crippen LogP contribution in [0.15, 0.2) is 54.6 Å². The van der Waals surface area contributed by atoms with Crippen molar-refractivity contribution in [3.63, 3.8) is 0 Å². The average Bonchev–Trinajstić information content (AvgIpc) is 2.78. The molecule has 3 rings (SSSR count). The summed E-state index contributed by atoms with van der Waals surface area (Å²) in [4.78, 5) is 27.0. The molecule has 0 aliphatic carbocycles. The molecule has 2 aromatic carbocycles. The number of methoxy groups -OCH3 is 1. The van der Waals surface area contributed by atoms with Crippen molar-refractivity contribution < 1.29 is 14.3 Å². The zero-order valence-electron chi connectivity index (χ0n) is 12.6. The van der Waals surface area contributed by atoms with Crippen LogP contribution >= 0.6 is 0 Å². The molecule has 1 unspecified atom stereocenters. The lowest BCUT2D eigenvalue weighted by Crippen LogP contribution is -2.47. The number of nitrogens with zero attached hydrogens (tertiary/aromatic N) is 1. The van der Waals surface area contributed by atoms with E-state index in [2.05, 4.69) is 0 Å². The second-order valence-corrected chi connectivity index (χ2v) is 5.44. The maximum absolute atomic E-state index is 12.9. The lowest BCUT2D eigenvalue weighted by atomic mass is 9.76. The first-order valence-corrected chi connectivity index (χ1v) is 7.11. The maximum Gasteiger partial charge on any atom is 0.326 e. The fourth-order valence-corrected chi connectivity index (χ4v) is 3.15. The standard InChI is InChI=1S/C18H17NO3/c1-19-15-11-7-6-10-14(15)18(16(19)20,17(21)22-2)12-13-8-4-3-5-9-13/h3-11H,12H2,1-2H3. The molecule has 1 amide bonds. The van der Waals surface area contributed by atoms with Crippen LogP contribution in [0.2, 0.25) is 0 Å². The van der Waals surface area contributed by atoms with Crippen LogP contribution in [0, 0.1) is 0 Å². The first-order chi connectivity index (χ1) is 10.6. The predicted octanol–water partition coefficient (Wildman–Crippen LogP) is 2.32. The number of carbonyl (C=O) groups excluding carboxylic acids is 2. The van der Waals surface area contributed by atoms with Gasteiger partial charge in [0.15, 0.2) is 5.41 Å². The van der Waals surface area contributed by atoms with Crippen LogP contribution in [-0.4, -0.2) is 26.0 Å². The number of carbonyl (C=O) groups is 2. The van der Waals surface area contributed by atoms with Gasteiger partial charge in [0.25, 0.3) is 0 Å². The van der Waals surface area contributed by atoms with Crippen molar-refractivity contribution in [2.24, 2.45) is 0 Å². The Labute approximate surface area is 129 Å². The summed E-state index contributed by atoms with van der Waals surface area (Å²) in [5.74, 6) is -0.762. The third-order valence-electron chi connectivity index (χ3n) is 4.24. The van der Waals surface area contributed by atoms with Gasteiger partial charge in [-0.3, -0.25) is 9.59 Å². The lowest BCUT2D eigenvalue weighted by molar-refractivity contribution is -0.151. The first-order valence-electron chi connectivity index (χ1n) is 7.11. The molecular formula is C18H17NO3. The smallest absolute Gasteiger partial charge is 0.326 e. The number of anilines is 1. The SMILES string of the molecule is COC(=O)C1(Cc2ccccc2)C(=O)N(C)c2ccccc21. The first kappa shape index (κ1) is 14.3. The number of para-hydroxylation sites is 1. The average molecular weight is 295 g/mol. The molecule has 1 aliphatic heterocycles. The van der Waals surface area contributed by atoms with Gasteiger partial charge < -0.3 is 9.64 Å². The molecule has 0 radical (unpaired) electrons. The lowest BCUT2D eigenvalue weighted by Gasteiger charge is -2.25. The maximum atomic E-state index is 12.9. The summed E-state index contributed by atoms with van der Waals surface area (Å²) in [5.41, 5.74) is 1.08. The van der Waals surface area contributed by atoms with Crippen molar-refractivity contribution >= 4 is 17.6 Å². The van der Waals surface area contributed by atoms with Crippen molar-refractivity contribution in [3.05, 3.63) is 65.7 Å². The number of benzene rings is 2. The van der Waals surface area contributed by atoms with Crippen LogP contribution in [0.4, 0.5) is 5.69 Å². The molecule has 1 heterocycles. The highest BCUT2D eigenvalue weighted by molar-refractivity contribution is 6.20. The monoisotopic (exact) mass is 295 g/mol. The molecule has 0 fully saturated rings. The number of ether oxygens (including phenoxy) is 1. The van der Waals surface area contributed by atoms with E-state index in [1.54, 1.807) is 7.05 Å². The van der Waals surface area contributed by atoms with Gasteiger partial charge in [0, 0.05) is 24.7 Å². The Morgan fingerprint density at radius 2 is 1.73 bits per heavy atom. The molecule has 0 saturated heterocycles. The molecule has 0 spiro atoms. The molecule has 0 saturated carbocycles. The van der Waals surface area contributed by atoms with Crippen LogP contribution < -0.4 is 4.90 Å². The highest BCUT2D eigenvalue weighted by Gasteiger charge is 2.56. The Kier molecular flexibility index (Phi) is 3.45. The minimum absolute atomic E-state index is 0.246. The second kappa shape index (κ2) is 5.30. The topological polar surface area (TPSA) is 46.6 Å². The van der Waals surface area contributed by atoms with Gasteiger partial charge in [0.2, 0.25) is 5.91 Å². The van der Waals surface area contributed by atoms with Crippen LogP contribution in [0.1, 0.15) is 11.1 Å². The molecule has 1 atom stereocenters. The van der Waals surface area contributed by atoms with Crippen molar-refractivity contribution in [1.82, 2.24) is 0 Å². The molecule has 4 heteroatoms. The molecule has 2 aromatic rings. The van der Waals surface area contributed by atoms with Gasteiger partial charge >= 0.3 is 5.97 Å². The Hall–Kier alpha value is -2.62. The van der Waals surface area contributed by atoms with E-state index in [0.717, 1.165) is 11.3 Å². The summed E-state index contributed by atoms with van der Waals surface area (Å²) in [5, 5.41) is 0. The van der Waals surface area contributed by atoms with Crippen molar-refractivity contribution in [2.75, 3.05) is 19.1 Å². The molecule has 0 bridgehead atoms. The number of esters is 1. The summed E-state index contributed by atoms with van der Waals surface area (Å²) in [7, 11) is 3.01. The highest BCUT2D eigenvalue weighted by Crippen LogP contribution is 2.44. The van der Waals surface area contributed by atoms with Gasteiger partial charge in [-0.05, 0) is 11.6 Å². The van der Waals surface area contributed by atoms with Gasteiger partial charge in [0.05, 0.1) is 7.11 Å². The third kappa shape index (κ3) is 1.91. The molecule has 4 nitrogen and oxygen atoms in total.